The number of hydrogen-bond acceptors (Lipinski definition) is 3. The fourth-order valence-electron chi connectivity index (χ4n) is 1.11. The van der Waals surface area contributed by atoms with Crippen molar-refractivity contribution in [3.05, 3.63) is 0 Å². The van der Waals surface area contributed by atoms with Crippen LogP contribution >= 0.6 is 12.4 Å². The van der Waals surface area contributed by atoms with Crippen LogP contribution in [0.1, 0.15) is 12.8 Å². The molecule has 0 unspecified atom stereocenters. The zero-order valence-corrected chi connectivity index (χ0v) is 10.3. The monoisotopic (exact) mass is 236 g/mol. The fraction of sp³-hybridized carbons (Fsp3) is 0.900. The summed E-state index contributed by atoms with van der Waals surface area (Å²) in [6, 6.07) is 0. The predicted molar refractivity (Wildman–Crippen MR) is 62.4 cm³/mol. The quantitative estimate of drug-likeness (QED) is 0.701. The molecule has 0 aromatic heterocycles. The zero-order chi connectivity index (χ0) is 10.4. The van der Waals surface area contributed by atoms with E-state index in [1.807, 2.05) is 7.05 Å². The summed E-state index contributed by atoms with van der Waals surface area (Å²) in [5.41, 5.74) is 0. The Hall–Kier alpha value is -0.320. The first kappa shape index (κ1) is 14.7. The molecule has 1 fully saturated rings. The average Bonchev–Trinajstić information content (AvgIpc) is 2.97. The molecule has 0 radical (unpaired) electrons. The topological polar surface area (TPSA) is 41.6 Å². The van der Waals surface area contributed by atoms with Crippen molar-refractivity contribution in [3.8, 4) is 0 Å². The number of ether oxygens (including phenoxy) is 1. The van der Waals surface area contributed by atoms with Crippen molar-refractivity contribution in [2.45, 2.75) is 12.8 Å². The van der Waals surface area contributed by atoms with E-state index in [2.05, 4.69) is 5.32 Å². The molecule has 1 amide bonds. The maximum atomic E-state index is 11.4. The van der Waals surface area contributed by atoms with Gasteiger partial charge in [0.2, 0.25) is 5.91 Å². The normalized spacial score (nSPS) is 14.5. The van der Waals surface area contributed by atoms with E-state index < -0.39 is 0 Å². The third kappa shape index (κ3) is 6.71. The van der Waals surface area contributed by atoms with Crippen molar-refractivity contribution in [2.24, 2.45) is 5.92 Å². The average molecular weight is 237 g/mol. The van der Waals surface area contributed by atoms with Gasteiger partial charge in [-0.25, -0.2) is 0 Å². The second-order valence-electron chi connectivity index (χ2n) is 3.88. The Morgan fingerprint density at radius 2 is 2.20 bits per heavy atom. The SMILES string of the molecule is CNCCN(C)C(=O)COCC1CC1.Cl. The molecule has 0 aliphatic heterocycles. The summed E-state index contributed by atoms with van der Waals surface area (Å²) in [6.45, 7) is 2.55. The molecule has 0 atom stereocenters. The lowest BCUT2D eigenvalue weighted by molar-refractivity contribution is -0.134. The molecule has 1 aliphatic rings. The van der Waals surface area contributed by atoms with Gasteiger partial charge in [-0.2, -0.15) is 0 Å². The predicted octanol–water partition coefficient (Wildman–Crippen LogP) is 0.513. The van der Waals surface area contributed by atoms with Gasteiger partial charge in [-0.3, -0.25) is 4.79 Å². The van der Waals surface area contributed by atoms with Gasteiger partial charge in [0.05, 0.1) is 6.61 Å². The first-order valence-electron chi connectivity index (χ1n) is 5.20. The Morgan fingerprint density at radius 1 is 1.53 bits per heavy atom. The fourth-order valence-corrected chi connectivity index (χ4v) is 1.11. The van der Waals surface area contributed by atoms with E-state index >= 15 is 0 Å². The summed E-state index contributed by atoms with van der Waals surface area (Å²) < 4.78 is 5.31. The van der Waals surface area contributed by atoms with Gasteiger partial charge in [-0.1, -0.05) is 0 Å². The van der Waals surface area contributed by atoms with Gasteiger partial charge in [0.25, 0.3) is 0 Å². The molecule has 0 bridgehead atoms. The van der Waals surface area contributed by atoms with Gasteiger partial charge < -0.3 is 15.0 Å². The largest absolute Gasteiger partial charge is 0.371 e. The molecule has 0 spiro atoms. The molecule has 0 heterocycles. The van der Waals surface area contributed by atoms with E-state index in [0.29, 0.717) is 0 Å². The van der Waals surface area contributed by atoms with Gasteiger partial charge in [-0.15, -0.1) is 12.4 Å². The Kier molecular flexibility index (Phi) is 7.74. The summed E-state index contributed by atoms with van der Waals surface area (Å²) in [5, 5.41) is 3.00. The third-order valence-electron chi connectivity index (χ3n) is 2.40. The second-order valence-corrected chi connectivity index (χ2v) is 3.88. The highest BCUT2D eigenvalue weighted by atomic mass is 35.5. The molecule has 1 N–H and O–H groups in total. The van der Waals surface area contributed by atoms with Gasteiger partial charge >= 0.3 is 0 Å². The molecule has 0 saturated heterocycles. The summed E-state index contributed by atoms with van der Waals surface area (Å²) in [7, 11) is 3.68. The van der Waals surface area contributed by atoms with Crippen molar-refractivity contribution < 1.29 is 9.53 Å². The number of nitrogens with zero attached hydrogens (tertiary/aromatic N) is 1. The zero-order valence-electron chi connectivity index (χ0n) is 9.49. The summed E-state index contributed by atoms with van der Waals surface area (Å²) >= 11 is 0. The van der Waals surface area contributed by atoms with Crippen LogP contribution in [0.5, 0.6) is 0 Å². The Labute approximate surface area is 97.8 Å². The van der Waals surface area contributed by atoms with Crippen LogP contribution in [-0.2, 0) is 9.53 Å². The number of rotatable bonds is 7. The third-order valence-corrected chi connectivity index (χ3v) is 2.40. The van der Waals surface area contributed by atoms with Crippen LogP contribution in [-0.4, -0.2) is 51.2 Å². The lowest BCUT2D eigenvalue weighted by Gasteiger charge is -2.16. The molecule has 0 aromatic carbocycles. The van der Waals surface area contributed by atoms with Gasteiger partial charge in [0.15, 0.2) is 0 Å². The van der Waals surface area contributed by atoms with E-state index in [1.165, 1.54) is 12.8 Å². The van der Waals surface area contributed by atoms with Crippen molar-refractivity contribution >= 4 is 18.3 Å². The molecule has 1 saturated carbocycles. The lowest BCUT2D eigenvalue weighted by atomic mass is 10.4. The highest BCUT2D eigenvalue weighted by Gasteiger charge is 2.21. The van der Waals surface area contributed by atoms with E-state index in [9.17, 15) is 4.79 Å². The molecular weight excluding hydrogens is 216 g/mol. The highest BCUT2D eigenvalue weighted by Crippen LogP contribution is 2.28. The summed E-state index contributed by atoms with van der Waals surface area (Å²) in [6.07, 6.45) is 2.54. The van der Waals surface area contributed by atoms with E-state index in [-0.39, 0.29) is 24.9 Å². The van der Waals surface area contributed by atoms with Crippen molar-refractivity contribution in [1.29, 1.82) is 0 Å². The summed E-state index contributed by atoms with van der Waals surface area (Å²) in [5.74, 6) is 0.798. The van der Waals surface area contributed by atoms with Crippen LogP contribution in [0.3, 0.4) is 0 Å². The molecule has 4 nitrogen and oxygen atoms in total. The molecular formula is C10H21ClN2O2. The standard InChI is InChI=1S/C10H20N2O2.ClH/c1-11-5-6-12(2)10(13)8-14-7-9-3-4-9;/h9,11H,3-8H2,1-2H3;1H. The molecule has 5 heteroatoms. The minimum Gasteiger partial charge on any atom is -0.371 e. The Morgan fingerprint density at radius 3 is 2.73 bits per heavy atom. The Balaban J connectivity index is 0.00000196. The molecule has 15 heavy (non-hydrogen) atoms. The molecule has 1 aliphatic carbocycles. The van der Waals surface area contributed by atoms with Gasteiger partial charge in [0, 0.05) is 20.1 Å². The van der Waals surface area contributed by atoms with Crippen molar-refractivity contribution in [2.75, 3.05) is 40.4 Å². The van der Waals surface area contributed by atoms with Crippen LogP contribution in [0.2, 0.25) is 0 Å². The first-order chi connectivity index (χ1) is 6.74. The minimum absolute atomic E-state index is 0. The molecule has 1 rings (SSSR count). The van der Waals surface area contributed by atoms with Crippen molar-refractivity contribution in [3.63, 3.8) is 0 Å². The maximum Gasteiger partial charge on any atom is 0.248 e. The lowest BCUT2D eigenvalue weighted by Crippen LogP contribution is -2.35. The van der Waals surface area contributed by atoms with E-state index in [1.54, 1.807) is 11.9 Å². The number of amides is 1. The maximum absolute atomic E-state index is 11.4. The van der Waals surface area contributed by atoms with Gasteiger partial charge in [-0.05, 0) is 25.8 Å². The highest BCUT2D eigenvalue weighted by molar-refractivity contribution is 5.85. The van der Waals surface area contributed by atoms with Crippen LogP contribution in [0.15, 0.2) is 0 Å². The first-order valence-corrected chi connectivity index (χ1v) is 5.20. The summed E-state index contributed by atoms with van der Waals surface area (Å²) in [4.78, 5) is 13.1. The minimum atomic E-state index is 0. The van der Waals surface area contributed by atoms with E-state index in [4.69, 9.17) is 4.74 Å². The van der Waals surface area contributed by atoms with Crippen LogP contribution in [0.4, 0.5) is 0 Å². The number of carbonyl (C=O) groups excluding carboxylic acids is 1. The van der Waals surface area contributed by atoms with Crippen LogP contribution in [0.25, 0.3) is 0 Å². The molecule has 90 valence electrons. The van der Waals surface area contributed by atoms with Crippen LogP contribution in [0, 0.1) is 5.92 Å². The second kappa shape index (κ2) is 7.91. The molecule has 0 aromatic rings. The van der Waals surface area contributed by atoms with Crippen LogP contribution < -0.4 is 5.32 Å². The number of nitrogens with one attached hydrogen (secondary N) is 1. The Bertz CT molecular complexity index is 186. The number of halogens is 1. The number of hydrogen-bond donors (Lipinski definition) is 1. The number of likely N-dealkylation sites (N-methyl/N-ethyl adjacent to an activating group) is 2. The van der Waals surface area contributed by atoms with Crippen molar-refractivity contribution in [1.82, 2.24) is 10.2 Å². The van der Waals surface area contributed by atoms with E-state index in [0.717, 1.165) is 25.6 Å². The number of carbonyl (C=O) groups is 1. The smallest absolute Gasteiger partial charge is 0.248 e. The van der Waals surface area contributed by atoms with Gasteiger partial charge in [0.1, 0.15) is 6.61 Å².